The number of hydrogen-bond acceptors (Lipinski definition) is 2. The fourth-order valence-corrected chi connectivity index (χ4v) is 0. The molecule has 0 aliphatic rings. The van der Waals surface area contributed by atoms with E-state index in [4.69, 9.17) is 7.76 Å². The van der Waals surface area contributed by atoms with Crippen molar-refractivity contribution in [3.63, 3.8) is 0 Å². The van der Waals surface area contributed by atoms with Gasteiger partial charge in [-0.05, 0) is 0 Å². The summed E-state index contributed by atoms with van der Waals surface area (Å²) in [6, 6.07) is 0. The molecule has 0 fully saturated rings. The van der Waals surface area contributed by atoms with Gasteiger partial charge in [-0.25, -0.2) is 0 Å². The molecule has 5 heteroatoms. The summed E-state index contributed by atoms with van der Waals surface area (Å²) in [6.45, 7) is 0. The average Bonchev–Trinajstić information content (AvgIpc) is 1.50. The van der Waals surface area contributed by atoms with E-state index in [1.807, 2.05) is 0 Å². The van der Waals surface area contributed by atoms with Crippen LogP contribution in [0.3, 0.4) is 0 Å². The van der Waals surface area contributed by atoms with Crippen LogP contribution in [0.25, 0.3) is 0 Å². The Morgan fingerprint density at radius 2 is 1.20 bits per heavy atom. The van der Waals surface area contributed by atoms with Gasteiger partial charge < -0.3 is 0 Å². The molecule has 0 aliphatic carbocycles. The minimum atomic E-state index is 0. The third kappa shape index (κ3) is 39.3. The van der Waals surface area contributed by atoms with E-state index in [0.29, 0.717) is 0 Å². The van der Waals surface area contributed by atoms with Crippen LogP contribution in [0, 0.1) is 0 Å². The van der Waals surface area contributed by atoms with Gasteiger partial charge >= 0.3 is 38.8 Å². The summed E-state index contributed by atoms with van der Waals surface area (Å²) in [5.41, 5.74) is 0. The van der Waals surface area contributed by atoms with Gasteiger partial charge in [0, 0.05) is 17.4 Å². The molecule has 0 aromatic carbocycles. The van der Waals surface area contributed by atoms with E-state index in [1.54, 1.807) is 0 Å². The molecule has 0 saturated heterocycles. The van der Waals surface area contributed by atoms with Crippen molar-refractivity contribution in [1.82, 2.24) is 0 Å². The molecule has 0 rings (SSSR count). The Bertz CT molecular complexity index is 11.6. The van der Waals surface area contributed by atoms with Gasteiger partial charge in [0.1, 0.15) is 0 Å². The van der Waals surface area contributed by atoms with E-state index >= 15 is 0 Å². The van der Waals surface area contributed by atoms with Crippen molar-refractivity contribution in [3.8, 4) is 0 Å². The standard InChI is InChI=1S/Co.Cr.Ni.2O. The Morgan fingerprint density at radius 3 is 1.20 bits per heavy atom. The van der Waals surface area contributed by atoms with E-state index in [0.717, 1.165) is 0 Å². The molecular formula is CoCrNiO2. The van der Waals surface area contributed by atoms with Crippen LogP contribution in [0.2, 0.25) is 0 Å². The molecule has 0 N–H and O–H groups in total. The van der Waals surface area contributed by atoms with Crippen LogP contribution in [-0.4, -0.2) is 0 Å². The molecule has 0 aromatic rings. The Hall–Kier alpha value is 1.13. The predicted octanol–water partition coefficient (Wildman–Crippen LogP) is -0.245. The summed E-state index contributed by atoms with van der Waals surface area (Å²) >= 11 is 4.94. The van der Waals surface area contributed by atoms with Gasteiger partial charge in [0.15, 0.2) is 0 Å². The van der Waals surface area contributed by atoms with Crippen molar-refractivity contribution in [1.29, 1.82) is 0 Å². The van der Waals surface area contributed by atoms with Gasteiger partial charge in [-0.1, -0.05) is 0 Å². The molecule has 0 aromatic heterocycles. The van der Waals surface area contributed by atoms with Crippen LogP contribution in [0.15, 0.2) is 0 Å². The fraction of sp³-hybridized carbons (Fsp3) is 0. The molecule has 0 atom stereocenters. The van der Waals surface area contributed by atoms with Crippen molar-refractivity contribution in [2.75, 3.05) is 0 Å². The predicted molar refractivity (Wildman–Crippen MR) is 1.37 cm³/mol. The zero-order valence-electron chi connectivity index (χ0n) is 1.87. The van der Waals surface area contributed by atoms with Crippen molar-refractivity contribution < 1.29 is 56.2 Å². The molecule has 5 heavy (non-hydrogen) atoms. The number of hydrogen-bond donors (Lipinski definition) is 0. The number of rotatable bonds is 0. The first-order valence-electron chi connectivity index (χ1n) is 0.265. The first kappa shape index (κ1) is 16.5. The zero-order valence-corrected chi connectivity index (χ0v) is 5.18. The van der Waals surface area contributed by atoms with Crippen molar-refractivity contribution in [2.24, 2.45) is 0 Å². The van der Waals surface area contributed by atoms with E-state index in [2.05, 4.69) is 31.1 Å². The second-order valence-electron chi connectivity index (χ2n) is 0. The van der Waals surface area contributed by atoms with Gasteiger partial charge in [-0.2, -0.15) is 0 Å². The topological polar surface area (TPSA) is 34.1 Å². The van der Waals surface area contributed by atoms with Crippen LogP contribution in [0.1, 0.15) is 0 Å². The minimum absolute atomic E-state index is 0. The van der Waals surface area contributed by atoms with Crippen molar-refractivity contribution >= 4 is 0 Å². The third-order valence-corrected chi connectivity index (χ3v) is 0. The van der Waals surface area contributed by atoms with Gasteiger partial charge in [0.2, 0.25) is 0 Å². The molecule has 37 valence electrons. The molecule has 0 amide bonds. The van der Waals surface area contributed by atoms with Crippen LogP contribution < -0.4 is 0 Å². The zero-order chi connectivity index (χ0) is 4.00. The van der Waals surface area contributed by atoms with Gasteiger partial charge in [0.25, 0.3) is 0 Å². The van der Waals surface area contributed by atoms with Crippen LogP contribution in [0.5, 0.6) is 0 Å². The molecule has 0 unspecified atom stereocenters. The van der Waals surface area contributed by atoms with Crippen LogP contribution in [0.4, 0.5) is 0 Å². The monoisotopic (exact) mass is 201 g/mol. The quantitative estimate of drug-likeness (QED) is 0.507. The Morgan fingerprint density at radius 1 is 1.20 bits per heavy atom. The van der Waals surface area contributed by atoms with Gasteiger partial charge in [-0.15, -0.1) is 0 Å². The normalized spacial score (nSPS) is 2.20. The molecule has 0 heterocycles. The summed E-state index contributed by atoms with van der Waals surface area (Å²) in [5, 5.41) is 0. The fourth-order valence-electron chi connectivity index (χ4n) is 0. The summed E-state index contributed by atoms with van der Waals surface area (Å²) in [4.78, 5) is 0. The molecule has 0 radical (unpaired) electrons. The maximum absolute atomic E-state index is 7.94. The maximum atomic E-state index is 7.94. The molecule has 0 aliphatic heterocycles. The second kappa shape index (κ2) is 68.3. The summed E-state index contributed by atoms with van der Waals surface area (Å²) < 4.78 is 15.8. The molecule has 0 bridgehead atoms. The molecular weight excluding hydrogens is 202 g/mol. The summed E-state index contributed by atoms with van der Waals surface area (Å²) in [5.74, 6) is 0. The molecule has 0 saturated carbocycles. The molecule has 2 nitrogen and oxygen atoms in total. The van der Waals surface area contributed by atoms with Crippen LogP contribution >= 0.6 is 0 Å². The van der Waals surface area contributed by atoms with Gasteiger partial charge in [0.05, 0.1) is 0 Å². The Balaban J connectivity index is -0.0000000133. The Labute approximate surface area is 56.2 Å². The van der Waals surface area contributed by atoms with E-state index in [-0.39, 0.29) is 17.4 Å². The van der Waals surface area contributed by atoms with E-state index in [9.17, 15) is 0 Å². The Kier molecular flexibility index (Phi) is 225. The average molecular weight is 202 g/mol. The van der Waals surface area contributed by atoms with E-state index < -0.39 is 0 Å². The first-order valence-corrected chi connectivity index (χ1v) is 1.09. The van der Waals surface area contributed by atoms with Gasteiger partial charge in [-0.3, -0.25) is 0 Å². The SMILES string of the molecule is [Cr].[O]=[Co].[O]=[Ni]. The third-order valence-electron chi connectivity index (χ3n) is 0. The summed E-state index contributed by atoms with van der Waals surface area (Å²) in [7, 11) is 0. The van der Waals surface area contributed by atoms with E-state index in [1.165, 1.54) is 0 Å². The van der Waals surface area contributed by atoms with Crippen molar-refractivity contribution in [2.45, 2.75) is 0 Å². The molecule has 0 spiro atoms. The summed E-state index contributed by atoms with van der Waals surface area (Å²) in [6.07, 6.45) is 0. The first-order chi connectivity index (χ1) is 2.00. The van der Waals surface area contributed by atoms with Crippen LogP contribution in [-0.2, 0) is 56.2 Å². The van der Waals surface area contributed by atoms with Crippen molar-refractivity contribution in [3.05, 3.63) is 0 Å². The second-order valence-corrected chi connectivity index (χ2v) is 0.